The Hall–Kier alpha value is -6.00. The molecular weight excluding hydrogens is 568 g/mol. The molecule has 0 saturated carbocycles. The number of hydrogen-bond acceptors (Lipinski definition) is 4. The Morgan fingerprint density at radius 2 is 0.630 bits per heavy atom. The average Bonchev–Trinajstić information content (AvgIpc) is 3.10. The molecule has 8 rings (SSSR count). The van der Waals surface area contributed by atoms with Crippen LogP contribution in [0.4, 0.5) is 0 Å². The molecule has 0 radical (unpaired) electrons. The van der Waals surface area contributed by atoms with Crippen LogP contribution < -0.4 is 9.47 Å². The zero-order valence-corrected chi connectivity index (χ0v) is 25.0. The molecule has 0 saturated heterocycles. The van der Waals surface area contributed by atoms with Crippen LogP contribution in [0.5, 0.6) is 23.0 Å². The molecule has 0 unspecified atom stereocenters. The molecule has 0 spiro atoms. The van der Waals surface area contributed by atoms with E-state index >= 15 is 0 Å². The fraction of sp³-hybridized carbons (Fsp3) is 0.0476. The van der Waals surface area contributed by atoms with Crippen LogP contribution in [0.1, 0.15) is 0 Å². The van der Waals surface area contributed by atoms with Crippen LogP contribution in [-0.2, 0) is 0 Å². The van der Waals surface area contributed by atoms with E-state index in [9.17, 15) is 10.2 Å². The largest absolute Gasteiger partial charge is 0.507 e. The summed E-state index contributed by atoms with van der Waals surface area (Å²) in [6.45, 7) is 0.537. The SMILES string of the molecule is Oc1ccc2ccccc2c1-c1c(OCCOc2ccc3ccccc3c2-c2c(O)ccc3ccccc23)ccc2ccccc12. The predicted molar refractivity (Wildman–Crippen MR) is 188 cm³/mol. The van der Waals surface area contributed by atoms with Crippen LogP contribution in [0.2, 0.25) is 0 Å². The quantitative estimate of drug-likeness (QED) is 0.179. The van der Waals surface area contributed by atoms with E-state index in [0.717, 1.165) is 65.3 Å². The highest BCUT2D eigenvalue weighted by atomic mass is 16.5. The van der Waals surface area contributed by atoms with Crippen molar-refractivity contribution in [1.82, 2.24) is 0 Å². The van der Waals surface area contributed by atoms with Gasteiger partial charge in [0.2, 0.25) is 0 Å². The summed E-state index contributed by atoms with van der Waals surface area (Å²) >= 11 is 0. The Bertz CT molecular complexity index is 2240. The molecule has 0 aliphatic carbocycles. The average molecular weight is 599 g/mol. The molecule has 0 aliphatic rings. The zero-order chi connectivity index (χ0) is 31.0. The molecule has 0 atom stereocenters. The van der Waals surface area contributed by atoms with Gasteiger partial charge < -0.3 is 19.7 Å². The second kappa shape index (κ2) is 11.5. The maximum Gasteiger partial charge on any atom is 0.128 e. The monoisotopic (exact) mass is 598 g/mol. The third-order valence-electron chi connectivity index (χ3n) is 8.69. The summed E-state index contributed by atoms with van der Waals surface area (Å²) < 4.78 is 12.9. The molecule has 0 aromatic heterocycles. The number of phenols is 2. The lowest BCUT2D eigenvalue weighted by Gasteiger charge is -2.19. The van der Waals surface area contributed by atoms with Gasteiger partial charge in [-0.2, -0.15) is 0 Å². The van der Waals surface area contributed by atoms with Crippen LogP contribution in [0.3, 0.4) is 0 Å². The Kier molecular flexibility index (Phi) is 6.88. The molecule has 0 aliphatic heterocycles. The highest BCUT2D eigenvalue weighted by Gasteiger charge is 2.20. The minimum atomic E-state index is 0.201. The number of phenolic OH excluding ortho intramolecular Hbond substituents is 2. The Morgan fingerprint density at radius 1 is 0.326 bits per heavy atom. The van der Waals surface area contributed by atoms with E-state index in [1.165, 1.54) is 0 Å². The van der Waals surface area contributed by atoms with Gasteiger partial charge in [0, 0.05) is 22.3 Å². The van der Waals surface area contributed by atoms with Gasteiger partial charge in [-0.3, -0.25) is 0 Å². The summed E-state index contributed by atoms with van der Waals surface area (Å²) in [7, 11) is 0. The molecule has 0 bridgehead atoms. The van der Waals surface area contributed by atoms with E-state index in [-0.39, 0.29) is 24.7 Å². The Morgan fingerprint density at radius 3 is 1.00 bits per heavy atom. The molecule has 0 fully saturated rings. The van der Waals surface area contributed by atoms with Gasteiger partial charge in [-0.05, 0) is 67.4 Å². The first-order valence-electron chi connectivity index (χ1n) is 15.4. The third-order valence-corrected chi connectivity index (χ3v) is 8.69. The van der Waals surface area contributed by atoms with Crippen molar-refractivity contribution in [3.63, 3.8) is 0 Å². The number of ether oxygens (including phenoxy) is 2. The standard InChI is InChI=1S/C42H30O4/c43-35-21-17-27-9-1-5-13-31(27)39(35)41-33-15-7-3-11-29(33)19-23-37(41)45-25-26-46-38-24-20-30-12-4-8-16-34(30)42(38)40-32-14-6-2-10-28(32)18-22-36(40)44/h1-24,43-44H,25-26H2. The molecule has 0 amide bonds. The van der Waals surface area contributed by atoms with Crippen molar-refractivity contribution in [2.75, 3.05) is 13.2 Å². The van der Waals surface area contributed by atoms with Gasteiger partial charge in [-0.1, -0.05) is 121 Å². The molecule has 46 heavy (non-hydrogen) atoms. The number of fused-ring (bicyclic) bond motifs is 4. The van der Waals surface area contributed by atoms with Crippen molar-refractivity contribution >= 4 is 43.1 Å². The first-order chi connectivity index (χ1) is 22.7. The van der Waals surface area contributed by atoms with E-state index < -0.39 is 0 Å². The molecule has 222 valence electrons. The van der Waals surface area contributed by atoms with Gasteiger partial charge in [0.1, 0.15) is 36.2 Å². The van der Waals surface area contributed by atoms with Crippen molar-refractivity contribution in [1.29, 1.82) is 0 Å². The van der Waals surface area contributed by atoms with Crippen molar-refractivity contribution in [3.8, 4) is 45.3 Å². The molecule has 0 heterocycles. The van der Waals surface area contributed by atoms with E-state index in [1.807, 2.05) is 109 Å². The summed E-state index contributed by atoms with van der Waals surface area (Å²) in [6.07, 6.45) is 0. The van der Waals surface area contributed by atoms with Crippen molar-refractivity contribution in [3.05, 3.63) is 146 Å². The van der Waals surface area contributed by atoms with Crippen molar-refractivity contribution in [2.24, 2.45) is 0 Å². The summed E-state index contributed by atoms with van der Waals surface area (Å²) in [6, 6.07) is 47.8. The lowest BCUT2D eigenvalue weighted by atomic mass is 9.92. The number of hydrogen-bond donors (Lipinski definition) is 2. The van der Waals surface area contributed by atoms with Crippen LogP contribution >= 0.6 is 0 Å². The highest BCUT2D eigenvalue weighted by Crippen LogP contribution is 2.46. The molecule has 8 aromatic rings. The Balaban J connectivity index is 1.17. The highest BCUT2D eigenvalue weighted by molar-refractivity contribution is 6.11. The van der Waals surface area contributed by atoms with Gasteiger partial charge >= 0.3 is 0 Å². The van der Waals surface area contributed by atoms with E-state index in [4.69, 9.17) is 9.47 Å². The van der Waals surface area contributed by atoms with Crippen LogP contribution in [0, 0.1) is 0 Å². The van der Waals surface area contributed by atoms with Gasteiger partial charge in [-0.15, -0.1) is 0 Å². The van der Waals surface area contributed by atoms with Gasteiger partial charge in [0.25, 0.3) is 0 Å². The number of benzene rings is 8. The van der Waals surface area contributed by atoms with Crippen LogP contribution in [-0.4, -0.2) is 23.4 Å². The van der Waals surface area contributed by atoms with Gasteiger partial charge in [-0.25, -0.2) is 0 Å². The molecule has 8 aromatic carbocycles. The zero-order valence-electron chi connectivity index (χ0n) is 25.0. The van der Waals surface area contributed by atoms with E-state index in [1.54, 1.807) is 12.1 Å². The topological polar surface area (TPSA) is 58.9 Å². The summed E-state index contributed by atoms with van der Waals surface area (Å²) in [5.74, 6) is 1.73. The van der Waals surface area contributed by atoms with Crippen LogP contribution in [0.25, 0.3) is 65.3 Å². The lowest BCUT2D eigenvalue weighted by Crippen LogP contribution is -2.10. The summed E-state index contributed by atoms with van der Waals surface area (Å²) in [5, 5.41) is 30.5. The fourth-order valence-corrected chi connectivity index (χ4v) is 6.61. The number of rotatable bonds is 7. The minimum absolute atomic E-state index is 0.201. The number of aromatic hydroxyl groups is 2. The summed E-state index contributed by atoms with van der Waals surface area (Å²) in [5.41, 5.74) is 3.18. The second-order valence-corrected chi connectivity index (χ2v) is 11.4. The maximum atomic E-state index is 11.2. The van der Waals surface area contributed by atoms with Crippen molar-refractivity contribution in [2.45, 2.75) is 0 Å². The maximum absolute atomic E-state index is 11.2. The third kappa shape index (κ3) is 4.72. The Labute approximate surface area is 266 Å². The van der Waals surface area contributed by atoms with Crippen molar-refractivity contribution < 1.29 is 19.7 Å². The predicted octanol–water partition coefficient (Wildman–Crippen LogP) is 10.5. The van der Waals surface area contributed by atoms with E-state index in [0.29, 0.717) is 11.5 Å². The van der Waals surface area contributed by atoms with Gasteiger partial charge in [0.05, 0.1) is 0 Å². The molecule has 4 heteroatoms. The van der Waals surface area contributed by atoms with Gasteiger partial charge in [0.15, 0.2) is 0 Å². The molecule has 4 nitrogen and oxygen atoms in total. The first kappa shape index (κ1) is 27.5. The normalized spacial score (nSPS) is 11.4. The molecule has 2 N–H and O–H groups in total. The minimum Gasteiger partial charge on any atom is -0.507 e. The fourth-order valence-electron chi connectivity index (χ4n) is 6.61. The smallest absolute Gasteiger partial charge is 0.128 e. The van der Waals surface area contributed by atoms with Crippen LogP contribution in [0.15, 0.2) is 146 Å². The second-order valence-electron chi connectivity index (χ2n) is 11.4. The first-order valence-corrected chi connectivity index (χ1v) is 15.4. The lowest BCUT2D eigenvalue weighted by molar-refractivity contribution is 0.218. The van der Waals surface area contributed by atoms with E-state index in [2.05, 4.69) is 24.3 Å². The summed E-state index contributed by atoms with van der Waals surface area (Å²) in [4.78, 5) is 0. The molecular formula is C42H30O4.